The first kappa shape index (κ1) is 38.7. The largest absolute Gasteiger partial charge is 0.497 e. The summed E-state index contributed by atoms with van der Waals surface area (Å²) < 4.78 is 25.7. The zero-order valence-corrected chi connectivity index (χ0v) is 31.7. The minimum absolute atomic E-state index is 0.0276. The highest BCUT2D eigenvalue weighted by Crippen LogP contribution is 2.42. The highest BCUT2D eigenvalue weighted by Gasteiger charge is 2.45. The van der Waals surface area contributed by atoms with Gasteiger partial charge in [0.1, 0.15) is 23.1 Å². The number of hydrogen-bond donors (Lipinski definition) is 1. The van der Waals surface area contributed by atoms with Crippen LogP contribution >= 0.6 is 0 Å². The zero-order chi connectivity index (χ0) is 36.1. The van der Waals surface area contributed by atoms with Gasteiger partial charge < -0.3 is 23.7 Å². The van der Waals surface area contributed by atoms with Gasteiger partial charge in [-0.3, -0.25) is 0 Å². The van der Waals surface area contributed by atoms with Crippen LogP contribution in [0.15, 0.2) is 115 Å². The van der Waals surface area contributed by atoms with Crippen LogP contribution in [0.5, 0.6) is 5.75 Å². The van der Waals surface area contributed by atoms with E-state index in [2.05, 4.69) is 93.9 Å². The Labute approximate surface area is 301 Å². The maximum Gasteiger partial charge on any atom is 0.193 e. The van der Waals surface area contributed by atoms with Gasteiger partial charge >= 0.3 is 0 Å². The van der Waals surface area contributed by atoms with Gasteiger partial charge in [-0.2, -0.15) is 0 Å². The Bertz CT molecular complexity index is 1630. The molecule has 1 N–H and O–H groups in total. The van der Waals surface area contributed by atoms with E-state index in [1.807, 2.05) is 78.9 Å². The first-order valence-electron chi connectivity index (χ1n) is 17.2. The maximum absolute atomic E-state index is 11.9. The van der Waals surface area contributed by atoms with Crippen LogP contribution in [-0.4, -0.2) is 45.5 Å². The molecule has 0 fully saturated rings. The van der Waals surface area contributed by atoms with Crippen molar-refractivity contribution >= 4 is 8.32 Å². The van der Waals surface area contributed by atoms with Crippen molar-refractivity contribution in [3.05, 3.63) is 138 Å². The van der Waals surface area contributed by atoms with Gasteiger partial charge in [-0.1, -0.05) is 136 Å². The van der Waals surface area contributed by atoms with Gasteiger partial charge in [-0.15, -0.1) is 11.8 Å². The Morgan fingerprint density at radius 2 is 1.24 bits per heavy atom. The van der Waals surface area contributed by atoms with Crippen LogP contribution in [0.25, 0.3) is 0 Å². The van der Waals surface area contributed by atoms with Crippen molar-refractivity contribution in [2.75, 3.05) is 20.3 Å². The minimum atomic E-state index is -1.93. The molecule has 50 heavy (non-hydrogen) atoms. The molecule has 0 aromatic heterocycles. The SMILES string of the molecule is CC#CC(O)[C@](CCC#CCO[Si](C)(C)C(C)(C)C)(COC(c1ccccc1)(c1ccccc1)c1ccccc1)OCc1ccc(OC)cc1. The van der Waals surface area contributed by atoms with Crippen LogP contribution in [-0.2, 0) is 26.1 Å². The summed E-state index contributed by atoms with van der Waals surface area (Å²) in [6, 6.07) is 38.3. The summed E-state index contributed by atoms with van der Waals surface area (Å²) in [4.78, 5) is 0. The summed E-state index contributed by atoms with van der Waals surface area (Å²) in [5.41, 5.74) is 1.56. The molecule has 0 aliphatic rings. The fourth-order valence-electron chi connectivity index (χ4n) is 5.54. The summed E-state index contributed by atoms with van der Waals surface area (Å²) >= 11 is 0. The molecule has 0 amide bonds. The molecule has 0 aliphatic heterocycles. The van der Waals surface area contributed by atoms with Crippen molar-refractivity contribution < 1.29 is 23.7 Å². The van der Waals surface area contributed by atoms with Crippen molar-refractivity contribution in [3.63, 3.8) is 0 Å². The third kappa shape index (κ3) is 9.55. The molecule has 2 atom stereocenters. The molecular weight excluding hydrogens is 637 g/mol. The van der Waals surface area contributed by atoms with E-state index < -0.39 is 25.6 Å². The van der Waals surface area contributed by atoms with Crippen LogP contribution in [0.2, 0.25) is 18.1 Å². The molecule has 0 aliphatic carbocycles. The number of aliphatic hydroxyl groups is 1. The van der Waals surface area contributed by atoms with Crippen molar-refractivity contribution in [2.24, 2.45) is 0 Å². The van der Waals surface area contributed by atoms with Crippen molar-refractivity contribution in [2.45, 2.75) is 82.6 Å². The van der Waals surface area contributed by atoms with E-state index in [9.17, 15) is 5.11 Å². The molecule has 0 heterocycles. The number of methoxy groups -OCH3 is 1. The molecule has 0 saturated heterocycles. The quantitative estimate of drug-likeness (QED) is 0.0767. The molecule has 0 radical (unpaired) electrons. The smallest absolute Gasteiger partial charge is 0.193 e. The van der Waals surface area contributed by atoms with Crippen molar-refractivity contribution in [1.82, 2.24) is 0 Å². The first-order valence-corrected chi connectivity index (χ1v) is 20.2. The molecule has 4 rings (SSSR count). The predicted octanol–water partition coefficient (Wildman–Crippen LogP) is 9.15. The van der Waals surface area contributed by atoms with Gasteiger partial charge in [0.25, 0.3) is 0 Å². The number of rotatable bonds is 15. The van der Waals surface area contributed by atoms with Gasteiger partial charge in [0.15, 0.2) is 8.32 Å². The maximum atomic E-state index is 11.9. The van der Waals surface area contributed by atoms with E-state index in [-0.39, 0.29) is 18.3 Å². The van der Waals surface area contributed by atoms with E-state index in [1.54, 1.807) is 14.0 Å². The first-order chi connectivity index (χ1) is 24.0. The third-order valence-electron chi connectivity index (χ3n) is 9.65. The van der Waals surface area contributed by atoms with E-state index in [0.29, 0.717) is 19.4 Å². The average Bonchev–Trinajstić information content (AvgIpc) is 3.13. The summed E-state index contributed by atoms with van der Waals surface area (Å²) in [7, 11) is -0.289. The molecule has 5 nitrogen and oxygen atoms in total. The average molecular weight is 689 g/mol. The number of hydrogen-bond acceptors (Lipinski definition) is 5. The fraction of sp³-hybridized carbons (Fsp3) is 0.364. The Hall–Kier alpha value is -4.14. The summed E-state index contributed by atoms with van der Waals surface area (Å²) in [5.74, 6) is 13.2. The van der Waals surface area contributed by atoms with E-state index in [4.69, 9.17) is 18.6 Å². The molecule has 1 unspecified atom stereocenters. The van der Waals surface area contributed by atoms with Gasteiger partial charge in [0.2, 0.25) is 0 Å². The Morgan fingerprint density at radius 3 is 1.70 bits per heavy atom. The van der Waals surface area contributed by atoms with Gasteiger partial charge in [-0.25, -0.2) is 0 Å². The van der Waals surface area contributed by atoms with Crippen LogP contribution < -0.4 is 4.74 Å². The molecule has 4 aromatic carbocycles. The minimum Gasteiger partial charge on any atom is -0.497 e. The second-order valence-electron chi connectivity index (χ2n) is 14.0. The number of aliphatic hydroxyl groups excluding tert-OH is 1. The lowest BCUT2D eigenvalue weighted by Gasteiger charge is -2.42. The Kier molecular flexibility index (Phi) is 13.7. The zero-order valence-electron chi connectivity index (χ0n) is 30.7. The predicted molar refractivity (Wildman–Crippen MR) is 205 cm³/mol. The lowest BCUT2D eigenvalue weighted by molar-refractivity contribution is -0.172. The molecule has 0 saturated carbocycles. The molecule has 262 valence electrons. The monoisotopic (exact) mass is 688 g/mol. The topological polar surface area (TPSA) is 57.2 Å². The molecular formula is C44H52O5Si. The fourth-order valence-corrected chi connectivity index (χ4v) is 6.41. The molecule has 4 aromatic rings. The summed E-state index contributed by atoms with van der Waals surface area (Å²) in [6.45, 7) is 13.5. The second-order valence-corrected chi connectivity index (χ2v) is 18.8. The Morgan fingerprint density at radius 1 is 0.720 bits per heavy atom. The lowest BCUT2D eigenvalue weighted by Crippen LogP contribution is -2.51. The standard InChI is InChI=1S/C44H52O5Si/c1-8-21-41(45)43(47-34-36-28-30-40(46-5)31-29-36,32-19-12-20-33-49-50(6,7)42(2,3)4)35-48-44(37-22-13-9-14-23-37,38-24-15-10-16-25-38)39-26-17-11-18-27-39/h9-11,13-18,22-31,41,45H,19,32-35H2,1-7H3/t41?,43-/m0/s1. The number of ether oxygens (including phenoxy) is 3. The number of benzene rings is 4. The van der Waals surface area contributed by atoms with Gasteiger partial charge in [0, 0.05) is 6.42 Å². The molecule has 0 spiro atoms. The third-order valence-corrected chi connectivity index (χ3v) is 14.1. The lowest BCUT2D eigenvalue weighted by atomic mass is 9.79. The summed E-state index contributed by atoms with van der Waals surface area (Å²) in [6.07, 6.45) is -0.332. The van der Waals surface area contributed by atoms with Crippen molar-refractivity contribution in [3.8, 4) is 29.4 Å². The summed E-state index contributed by atoms with van der Waals surface area (Å²) in [5, 5.41) is 12.0. The van der Waals surface area contributed by atoms with E-state index >= 15 is 0 Å². The van der Waals surface area contributed by atoms with Crippen LogP contribution in [0.1, 0.15) is 62.8 Å². The Balaban J connectivity index is 1.76. The van der Waals surface area contributed by atoms with E-state index in [0.717, 1.165) is 28.0 Å². The second kappa shape index (κ2) is 17.7. The molecule has 6 heteroatoms. The normalized spacial score (nSPS) is 13.6. The highest BCUT2D eigenvalue weighted by molar-refractivity contribution is 6.74. The van der Waals surface area contributed by atoms with Crippen LogP contribution in [0.4, 0.5) is 0 Å². The van der Waals surface area contributed by atoms with Crippen LogP contribution in [0.3, 0.4) is 0 Å². The van der Waals surface area contributed by atoms with Gasteiger partial charge in [-0.05, 0) is 65.9 Å². The van der Waals surface area contributed by atoms with Gasteiger partial charge in [0.05, 0.1) is 26.9 Å². The van der Waals surface area contributed by atoms with E-state index in [1.165, 1.54) is 0 Å². The van der Waals surface area contributed by atoms with Crippen molar-refractivity contribution in [1.29, 1.82) is 0 Å². The highest BCUT2D eigenvalue weighted by atomic mass is 28.4. The molecule has 0 bridgehead atoms. The van der Waals surface area contributed by atoms with Crippen LogP contribution in [0, 0.1) is 23.7 Å².